The zero-order chi connectivity index (χ0) is 25.3. The van der Waals surface area contributed by atoms with E-state index in [0.717, 1.165) is 28.8 Å². The van der Waals surface area contributed by atoms with E-state index in [4.69, 9.17) is 0 Å². The quantitative estimate of drug-likeness (QED) is 0.402. The van der Waals surface area contributed by atoms with Gasteiger partial charge >= 0.3 is 0 Å². The van der Waals surface area contributed by atoms with Crippen LogP contribution in [-0.4, -0.2) is 69.5 Å². The highest BCUT2D eigenvalue weighted by atomic mass is 32.2. The van der Waals surface area contributed by atoms with Crippen LogP contribution in [0.25, 0.3) is 11.4 Å². The van der Waals surface area contributed by atoms with E-state index in [1.54, 1.807) is 0 Å². The van der Waals surface area contributed by atoms with Crippen molar-refractivity contribution in [2.24, 2.45) is 0 Å². The van der Waals surface area contributed by atoms with E-state index >= 15 is 0 Å². The number of aromatic amines is 1. The molecule has 1 aliphatic heterocycles. The molecule has 0 spiro atoms. The topological polar surface area (TPSA) is 133 Å². The van der Waals surface area contributed by atoms with E-state index in [1.807, 2.05) is 49.1 Å². The van der Waals surface area contributed by atoms with Gasteiger partial charge in [-0.25, -0.2) is 17.8 Å². The third kappa shape index (κ3) is 4.88. The summed E-state index contributed by atoms with van der Waals surface area (Å²) in [6.07, 6.45) is 0. The number of nitrogens with one attached hydrogen (secondary N) is 2. The summed E-state index contributed by atoms with van der Waals surface area (Å²) in [4.78, 5) is 11.1. The molecule has 13 heteroatoms. The van der Waals surface area contributed by atoms with Gasteiger partial charge < -0.3 is 10.2 Å². The summed E-state index contributed by atoms with van der Waals surface area (Å²) in [5, 5.41) is 16.4. The lowest BCUT2D eigenvalue weighted by Crippen LogP contribution is -2.49. The van der Waals surface area contributed by atoms with Crippen LogP contribution in [0.15, 0.2) is 53.4 Å². The Morgan fingerprint density at radius 2 is 1.72 bits per heavy atom. The van der Waals surface area contributed by atoms with Crippen molar-refractivity contribution >= 4 is 27.5 Å². The molecule has 0 amide bonds. The molecule has 0 radical (unpaired) electrons. The minimum absolute atomic E-state index is 0.0106. The molecule has 0 saturated carbocycles. The zero-order valence-corrected chi connectivity index (χ0v) is 20.5. The molecule has 3 heterocycles. The highest BCUT2D eigenvalue weighted by Crippen LogP contribution is 2.26. The molecule has 36 heavy (non-hydrogen) atoms. The van der Waals surface area contributed by atoms with Gasteiger partial charge in [0.2, 0.25) is 21.8 Å². The fraction of sp³-hybridized carbons (Fsp3) is 0.261. The number of hydrogen-bond donors (Lipinski definition) is 2. The SMILES string of the molecule is Cc1ccc(Nc2nc(C)cc(N3CCN(S(=O)(=O)c4ccc(F)c(-c5nn[nH]n5)c4)CC3)n2)cc1. The van der Waals surface area contributed by atoms with E-state index in [2.05, 4.69) is 35.9 Å². The van der Waals surface area contributed by atoms with Crippen molar-refractivity contribution in [2.45, 2.75) is 18.7 Å². The number of rotatable bonds is 6. The van der Waals surface area contributed by atoms with Crippen molar-refractivity contribution in [3.05, 3.63) is 65.6 Å². The maximum absolute atomic E-state index is 14.3. The first kappa shape index (κ1) is 23.8. The van der Waals surface area contributed by atoms with Gasteiger partial charge in [-0.1, -0.05) is 17.7 Å². The van der Waals surface area contributed by atoms with Crippen LogP contribution in [-0.2, 0) is 10.0 Å². The second-order valence-electron chi connectivity index (χ2n) is 8.45. The third-order valence-corrected chi connectivity index (χ3v) is 7.77. The Bertz CT molecular complexity index is 1470. The molecule has 2 aromatic heterocycles. The molecule has 2 N–H and O–H groups in total. The molecule has 1 aliphatic rings. The smallest absolute Gasteiger partial charge is 0.243 e. The first-order valence-electron chi connectivity index (χ1n) is 11.3. The molecule has 0 unspecified atom stereocenters. The van der Waals surface area contributed by atoms with E-state index < -0.39 is 15.8 Å². The van der Waals surface area contributed by atoms with Gasteiger partial charge in [0.1, 0.15) is 11.6 Å². The minimum atomic E-state index is -3.85. The molecule has 1 saturated heterocycles. The minimum Gasteiger partial charge on any atom is -0.354 e. The zero-order valence-electron chi connectivity index (χ0n) is 19.7. The molecule has 4 aromatic rings. The lowest BCUT2D eigenvalue weighted by atomic mass is 10.2. The number of sulfonamides is 1. The summed E-state index contributed by atoms with van der Waals surface area (Å²) in [5.74, 6) is 0.553. The largest absolute Gasteiger partial charge is 0.354 e. The van der Waals surface area contributed by atoms with Crippen LogP contribution in [0.3, 0.4) is 0 Å². The van der Waals surface area contributed by atoms with Gasteiger partial charge in [0, 0.05) is 43.6 Å². The van der Waals surface area contributed by atoms with E-state index in [9.17, 15) is 12.8 Å². The standard InChI is InChI=1S/C23H24FN9O2S/c1-15-3-5-17(6-4-15)26-23-25-16(2)13-21(27-23)32-9-11-33(12-10-32)36(34,35)18-7-8-20(24)19(14-18)22-28-30-31-29-22/h3-8,13-14H,9-12H2,1-2H3,(H,25,26,27)(H,28,29,30,31). The Balaban J connectivity index is 1.31. The number of piperazine rings is 1. The number of aromatic nitrogens is 6. The molecule has 1 fully saturated rings. The third-order valence-electron chi connectivity index (χ3n) is 5.87. The highest BCUT2D eigenvalue weighted by Gasteiger charge is 2.30. The highest BCUT2D eigenvalue weighted by molar-refractivity contribution is 7.89. The average Bonchev–Trinajstić information content (AvgIpc) is 3.40. The molecular formula is C23H24FN9O2S. The Hall–Kier alpha value is -3.97. The van der Waals surface area contributed by atoms with Gasteiger partial charge in [-0.3, -0.25) is 0 Å². The molecule has 0 atom stereocenters. The Kier molecular flexibility index (Phi) is 6.33. The monoisotopic (exact) mass is 509 g/mol. The summed E-state index contributed by atoms with van der Waals surface area (Å²) >= 11 is 0. The van der Waals surface area contributed by atoms with Gasteiger partial charge in [-0.05, 0) is 49.4 Å². The summed E-state index contributed by atoms with van der Waals surface area (Å²) in [5.41, 5.74) is 2.80. The average molecular weight is 510 g/mol. The summed E-state index contributed by atoms with van der Waals surface area (Å²) in [6, 6.07) is 13.4. The molecule has 2 aromatic carbocycles. The number of benzene rings is 2. The van der Waals surface area contributed by atoms with Crippen molar-refractivity contribution in [1.82, 2.24) is 34.9 Å². The molecule has 0 aliphatic carbocycles. The van der Waals surface area contributed by atoms with Crippen molar-refractivity contribution in [1.29, 1.82) is 0 Å². The van der Waals surface area contributed by atoms with Gasteiger partial charge in [0.05, 0.1) is 10.5 Å². The van der Waals surface area contributed by atoms with Crippen molar-refractivity contribution in [3.63, 3.8) is 0 Å². The van der Waals surface area contributed by atoms with E-state index in [1.165, 1.54) is 16.4 Å². The maximum atomic E-state index is 14.3. The molecule has 0 bridgehead atoms. The Morgan fingerprint density at radius 3 is 2.42 bits per heavy atom. The van der Waals surface area contributed by atoms with Crippen LogP contribution in [0.1, 0.15) is 11.3 Å². The molecule has 5 rings (SSSR count). The van der Waals surface area contributed by atoms with Crippen molar-refractivity contribution in [2.75, 3.05) is 36.4 Å². The van der Waals surface area contributed by atoms with Crippen molar-refractivity contribution in [3.8, 4) is 11.4 Å². The summed E-state index contributed by atoms with van der Waals surface area (Å²) in [7, 11) is -3.85. The number of halogens is 1. The Morgan fingerprint density at radius 1 is 0.972 bits per heavy atom. The van der Waals surface area contributed by atoms with Gasteiger partial charge in [0.15, 0.2) is 0 Å². The maximum Gasteiger partial charge on any atom is 0.243 e. The molecule has 186 valence electrons. The number of anilines is 3. The van der Waals surface area contributed by atoms with Gasteiger partial charge in [-0.2, -0.15) is 14.5 Å². The number of hydrogen-bond acceptors (Lipinski definition) is 9. The number of aryl methyl sites for hydroxylation is 2. The predicted octanol–water partition coefficient (Wildman–Crippen LogP) is 2.67. The predicted molar refractivity (Wildman–Crippen MR) is 132 cm³/mol. The van der Waals surface area contributed by atoms with E-state index in [0.29, 0.717) is 19.0 Å². The summed E-state index contributed by atoms with van der Waals surface area (Å²) < 4.78 is 42.2. The number of H-pyrrole nitrogens is 1. The molecule has 11 nitrogen and oxygen atoms in total. The lowest BCUT2D eigenvalue weighted by Gasteiger charge is -2.34. The fourth-order valence-electron chi connectivity index (χ4n) is 3.95. The van der Waals surface area contributed by atoms with Crippen LogP contribution < -0.4 is 10.2 Å². The van der Waals surface area contributed by atoms with Crippen LogP contribution in [0.5, 0.6) is 0 Å². The summed E-state index contributed by atoms with van der Waals surface area (Å²) in [6.45, 7) is 5.30. The van der Waals surface area contributed by atoms with Gasteiger partial charge in [0.25, 0.3) is 0 Å². The van der Waals surface area contributed by atoms with Crippen LogP contribution in [0.4, 0.5) is 21.8 Å². The second kappa shape index (κ2) is 9.59. The Labute approximate surface area is 207 Å². The van der Waals surface area contributed by atoms with Crippen molar-refractivity contribution < 1.29 is 12.8 Å². The van der Waals surface area contributed by atoms with Crippen LogP contribution in [0.2, 0.25) is 0 Å². The van der Waals surface area contributed by atoms with Gasteiger partial charge in [-0.15, -0.1) is 10.2 Å². The first-order valence-corrected chi connectivity index (χ1v) is 12.7. The van der Waals surface area contributed by atoms with E-state index in [-0.39, 0.29) is 29.4 Å². The lowest BCUT2D eigenvalue weighted by molar-refractivity contribution is 0.383. The number of tetrazole rings is 1. The fourth-order valence-corrected chi connectivity index (χ4v) is 5.40. The second-order valence-corrected chi connectivity index (χ2v) is 10.4. The number of nitrogens with zero attached hydrogens (tertiary/aromatic N) is 7. The first-order chi connectivity index (χ1) is 17.3. The molecular weight excluding hydrogens is 485 g/mol. The van der Waals surface area contributed by atoms with Crippen LogP contribution >= 0.6 is 0 Å². The normalized spacial score (nSPS) is 14.7. The van der Waals surface area contributed by atoms with Crippen LogP contribution in [0, 0.1) is 19.7 Å².